The van der Waals surface area contributed by atoms with Crippen molar-refractivity contribution in [2.75, 3.05) is 58.3 Å². The first kappa shape index (κ1) is 19.2. The van der Waals surface area contributed by atoms with Crippen LogP contribution in [0.4, 0.5) is 5.69 Å². The van der Waals surface area contributed by atoms with Crippen molar-refractivity contribution in [3.05, 3.63) is 29.8 Å². The van der Waals surface area contributed by atoms with E-state index in [2.05, 4.69) is 4.90 Å². The van der Waals surface area contributed by atoms with Gasteiger partial charge in [-0.3, -0.25) is 4.79 Å². The Hall–Kier alpha value is -1.59. The third-order valence-electron chi connectivity index (χ3n) is 5.90. The molecule has 5 heteroatoms. The second kappa shape index (κ2) is 8.87. The highest BCUT2D eigenvalue weighted by Gasteiger charge is 2.36. The Labute approximate surface area is 157 Å². The first-order chi connectivity index (χ1) is 12.6. The predicted molar refractivity (Wildman–Crippen MR) is 106 cm³/mol. The monoisotopic (exact) mass is 359 g/mol. The van der Waals surface area contributed by atoms with Crippen LogP contribution in [0, 0.1) is 11.8 Å². The van der Waals surface area contributed by atoms with Gasteiger partial charge in [-0.05, 0) is 50.0 Å². The minimum atomic E-state index is 0.0884. The molecule has 1 aromatic rings. The van der Waals surface area contributed by atoms with E-state index in [-0.39, 0.29) is 18.4 Å². The van der Waals surface area contributed by atoms with Crippen molar-refractivity contribution in [3.63, 3.8) is 0 Å². The molecule has 1 aromatic carbocycles. The van der Waals surface area contributed by atoms with Gasteiger partial charge in [0.05, 0.1) is 0 Å². The maximum Gasteiger partial charge on any atom is 0.253 e. The van der Waals surface area contributed by atoms with Crippen molar-refractivity contribution in [2.45, 2.75) is 25.7 Å². The molecule has 0 saturated carbocycles. The first-order valence-electron chi connectivity index (χ1n) is 9.98. The molecule has 0 bridgehead atoms. The molecule has 2 saturated heterocycles. The van der Waals surface area contributed by atoms with Crippen LogP contribution in [0.1, 0.15) is 36.0 Å². The van der Waals surface area contributed by atoms with Crippen LogP contribution in [-0.2, 0) is 0 Å². The Balaban J connectivity index is 1.65. The second-order valence-electron chi connectivity index (χ2n) is 8.07. The lowest BCUT2D eigenvalue weighted by molar-refractivity contribution is 0.0779. The zero-order chi connectivity index (χ0) is 18.5. The van der Waals surface area contributed by atoms with Gasteiger partial charge in [-0.1, -0.05) is 18.9 Å². The summed E-state index contributed by atoms with van der Waals surface area (Å²) in [4.78, 5) is 19.5. The van der Waals surface area contributed by atoms with Crippen molar-refractivity contribution >= 4 is 11.6 Å². The number of hydrogen-bond acceptors (Lipinski definition) is 4. The lowest BCUT2D eigenvalue weighted by Gasteiger charge is -2.26. The highest BCUT2D eigenvalue weighted by atomic mass is 16.3. The fraction of sp³-hybridized carbons (Fsp3) is 0.667. The molecule has 2 atom stereocenters. The number of aliphatic hydroxyl groups is 1. The minimum Gasteiger partial charge on any atom is -0.396 e. The number of hydrogen-bond donors (Lipinski definition) is 1. The average Bonchev–Trinajstić information content (AvgIpc) is 2.87. The lowest BCUT2D eigenvalue weighted by Crippen LogP contribution is -2.35. The first-order valence-corrected chi connectivity index (χ1v) is 9.98. The Morgan fingerprint density at radius 1 is 1.12 bits per heavy atom. The van der Waals surface area contributed by atoms with Crippen LogP contribution in [0.25, 0.3) is 0 Å². The molecule has 3 rings (SSSR count). The SMILES string of the molecule is CN(C)c1cccc(C(=O)N2C[C@@H](CN3CCCCCC3)[C@@H](CO)C2)c1. The Bertz CT molecular complexity index is 597. The number of aliphatic hydroxyl groups excluding tert-OH is 1. The number of likely N-dealkylation sites (tertiary alicyclic amines) is 2. The Morgan fingerprint density at radius 2 is 1.81 bits per heavy atom. The van der Waals surface area contributed by atoms with Crippen LogP contribution >= 0.6 is 0 Å². The Kier molecular flexibility index (Phi) is 6.54. The van der Waals surface area contributed by atoms with Crippen LogP contribution in [0.3, 0.4) is 0 Å². The molecule has 26 heavy (non-hydrogen) atoms. The number of nitrogens with zero attached hydrogens (tertiary/aromatic N) is 3. The van der Waals surface area contributed by atoms with Gasteiger partial charge in [-0.15, -0.1) is 0 Å². The maximum absolute atomic E-state index is 13.0. The summed E-state index contributed by atoms with van der Waals surface area (Å²) in [6, 6.07) is 7.81. The lowest BCUT2D eigenvalue weighted by atomic mass is 9.96. The van der Waals surface area contributed by atoms with Gasteiger partial charge >= 0.3 is 0 Å². The molecule has 0 aliphatic carbocycles. The topological polar surface area (TPSA) is 47.0 Å². The maximum atomic E-state index is 13.0. The summed E-state index contributed by atoms with van der Waals surface area (Å²) in [5.41, 5.74) is 1.78. The molecule has 0 radical (unpaired) electrons. The van der Waals surface area contributed by atoms with Crippen LogP contribution in [0.15, 0.2) is 24.3 Å². The van der Waals surface area contributed by atoms with E-state index in [4.69, 9.17) is 0 Å². The van der Waals surface area contributed by atoms with Gasteiger partial charge < -0.3 is 19.8 Å². The van der Waals surface area contributed by atoms with E-state index in [1.807, 2.05) is 48.2 Å². The molecular weight excluding hydrogens is 326 g/mol. The van der Waals surface area contributed by atoms with E-state index in [9.17, 15) is 9.90 Å². The van der Waals surface area contributed by atoms with Crippen molar-refractivity contribution < 1.29 is 9.90 Å². The molecule has 1 N–H and O–H groups in total. The van der Waals surface area contributed by atoms with Crippen LogP contribution in [-0.4, -0.2) is 74.2 Å². The molecule has 5 nitrogen and oxygen atoms in total. The normalized spacial score (nSPS) is 24.5. The van der Waals surface area contributed by atoms with E-state index < -0.39 is 0 Å². The molecule has 0 aromatic heterocycles. The van der Waals surface area contributed by atoms with Gasteiger partial charge in [0.15, 0.2) is 0 Å². The van der Waals surface area contributed by atoms with Crippen molar-refractivity contribution in [3.8, 4) is 0 Å². The quantitative estimate of drug-likeness (QED) is 0.876. The van der Waals surface area contributed by atoms with E-state index in [0.717, 1.165) is 37.4 Å². The van der Waals surface area contributed by atoms with E-state index >= 15 is 0 Å². The predicted octanol–water partition coefficient (Wildman–Crippen LogP) is 2.31. The molecule has 2 aliphatic heterocycles. The standard InChI is InChI=1S/C21H33N3O2/c1-22(2)20-9-7-8-17(12-20)21(26)24-14-18(19(15-24)16-25)13-23-10-5-3-4-6-11-23/h7-9,12,18-19,25H,3-6,10-11,13-16H2,1-2H3/t18-,19-/m1/s1. The summed E-state index contributed by atoms with van der Waals surface area (Å²) in [5, 5.41) is 9.85. The summed E-state index contributed by atoms with van der Waals surface area (Å²) < 4.78 is 0. The largest absolute Gasteiger partial charge is 0.396 e. The Morgan fingerprint density at radius 3 is 2.46 bits per heavy atom. The second-order valence-corrected chi connectivity index (χ2v) is 8.07. The van der Waals surface area contributed by atoms with Crippen LogP contribution in [0.5, 0.6) is 0 Å². The minimum absolute atomic E-state index is 0.0884. The number of benzene rings is 1. The molecule has 1 amide bonds. The zero-order valence-electron chi connectivity index (χ0n) is 16.2. The van der Waals surface area contributed by atoms with E-state index in [1.165, 1.54) is 25.7 Å². The van der Waals surface area contributed by atoms with Crippen molar-refractivity contribution in [1.82, 2.24) is 9.80 Å². The van der Waals surface area contributed by atoms with Crippen molar-refractivity contribution in [2.24, 2.45) is 11.8 Å². The van der Waals surface area contributed by atoms with Gasteiger partial charge in [0.25, 0.3) is 5.91 Å². The summed E-state index contributed by atoms with van der Waals surface area (Å²) in [6.45, 7) is 4.92. The van der Waals surface area contributed by atoms with Crippen molar-refractivity contribution in [1.29, 1.82) is 0 Å². The molecule has 0 spiro atoms. The molecule has 144 valence electrons. The van der Waals surface area contributed by atoms with Gasteiger partial charge in [0, 0.05) is 57.5 Å². The summed E-state index contributed by atoms with van der Waals surface area (Å²) in [7, 11) is 3.97. The third kappa shape index (κ3) is 4.57. The number of carbonyl (C=O) groups excluding carboxylic acids is 1. The molecule has 2 fully saturated rings. The fourth-order valence-corrected chi connectivity index (χ4v) is 4.27. The average molecular weight is 360 g/mol. The number of rotatable bonds is 5. The molecule has 0 unspecified atom stereocenters. The van der Waals surface area contributed by atoms with E-state index in [1.54, 1.807) is 0 Å². The highest BCUT2D eigenvalue weighted by Crippen LogP contribution is 2.27. The molecular formula is C21H33N3O2. The third-order valence-corrected chi connectivity index (χ3v) is 5.90. The number of anilines is 1. The fourth-order valence-electron chi connectivity index (χ4n) is 4.27. The van der Waals surface area contributed by atoms with Gasteiger partial charge in [0.2, 0.25) is 0 Å². The smallest absolute Gasteiger partial charge is 0.253 e. The van der Waals surface area contributed by atoms with Gasteiger partial charge in [-0.2, -0.15) is 0 Å². The summed E-state index contributed by atoms with van der Waals surface area (Å²) >= 11 is 0. The zero-order valence-corrected chi connectivity index (χ0v) is 16.2. The molecule has 2 aliphatic rings. The van der Waals surface area contributed by atoms with Crippen LogP contribution in [0.2, 0.25) is 0 Å². The number of carbonyl (C=O) groups is 1. The van der Waals surface area contributed by atoms with Gasteiger partial charge in [0.1, 0.15) is 0 Å². The summed E-state index contributed by atoms with van der Waals surface area (Å²) in [6.07, 6.45) is 5.21. The number of amides is 1. The van der Waals surface area contributed by atoms with Gasteiger partial charge in [-0.25, -0.2) is 0 Å². The molecule has 2 heterocycles. The highest BCUT2D eigenvalue weighted by molar-refractivity contribution is 5.95. The van der Waals surface area contributed by atoms with E-state index in [0.29, 0.717) is 12.5 Å². The van der Waals surface area contributed by atoms with Crippen LogP contribution < -0.4 is 4.90 Å². The summed E-state index contributed by atoms with van der Waals surface area (Å²) in [5.74, 6) is 0.656.